The molecule has 1 aromatic rings. The number of anilines is 1. The molecule has 0 bridgehead atoms. The van der Waals surface area contributed by atoms with Crippen LogP contribution >= 0.6 is 0 Å². The smallest absolute Gasteiger partial charge is 0.342 e. The van der Waals surface area contributed by atoms with E-state index in [-0.39, 0.29) is 41.8 Å². The van der Waals surface area contributed by atoms with E-state index in [1.54, 1.807) is 0 Å². The van der Waals surface area contributed by atoms with Gasteiger partial charge in [-0.2, -0.15) is 13.2 Å². The van der Waals surface area contributed by atoms with E-state index >= 15 is 0 Å². The van der Waals surface area contributed by atoms with Gasteiger partial charge in [0.05, 0.1) is 11.5 Å². The first-order chi connectivity index (χ1) is 13.7. The van der Waals surface area contributed by atoms with Crippen LogP contribution in [0.2, 0.25) is 0 Å². The van der Waals surface area contributed by atoms with Crippen molar-refractivity contribution < 1.29 is 22.8 Å². The highest BCUT2D eigenvalue weighted by Crippen LogP contribution is 2.31. The zero-order valence-electron chi connectivity index (χ0n) is 16.4. The molecule has 1 aliphatic heterocycles. The van der Waals surface area contributed by atoms with E-state index in [0.29, 0.717) is 25.9 Å². The minimum absolute atomic E-state index is 0.0628. The van der Waals surface area contributed by atoms with Gasteiger partial charge in [0.15, 0.2) is 0 Å². The molecule has 2 fully saturated rings. The van der Waals surface area contributed by atoms with E-state index in [1.165, 1.54) is 12.1 Å². The Hall–Kier alpha value is -2.09. The number of alkyl halides is 3. The maximum atomic E-state index is 12.8. The molecule has 2 unspecified atom stereocenters. The molecular formula is C21H28F3N3O2. The van der Waals surface area contributed by atoms with Crippen molar-refractivity contribution in [2.45, 2.75) is 57.2 Å². The Bertz CT molecular complexity index is 730. The summed E-state index contributed by atoms with van der Waals surface area (Å²) >= 11 is 0. The number of rotatable bonds is 4. The van der Waals surface area contributed by atoms with Crippen molar-refractivity contribution >= 4 is 17.5 Å². The molecule has 2 amide bonds. The predicted octanol–water partition coefficient (Wildman–Crippen LogP) is 3.79. The number of amides is 2. The third kappa shape index (κ3) is 5.72. The molecule has 3 rings (SSSR count). The summed E-state index contributed by atoms with van der Waals surface area (Å²) in [6.45, 7) is 1.20. The summed E-state index contributed by atoms with van der Waals surface area (Å²) in [6, 6.07) is 4.57. The predicted molar refractivity (Wildman–Crippen MR) is 104 cm³/mol. The summed E-state index contributed by atoms with van der Waals surface area (Å²) in [4.78, 5) is 26.8. The van der Waals surface area contributed by atoms with Crippen molar-refractivity contribution in [2.75, 3.05) is 18.4 Å². The van der Waals surface area contributed by atoms with Crippen LogP contribution in [0.25, 0.3) is 0 Å². The third-order valence-electron chi connectivity index (χ3n) is 6.01. The lowest BCUT2D eigenvalue weighted by atomic mass is 9.83. The van der Waals surface area contributed by atoms with Crippen LogP contribution in [0.5, 0.6) is 0 Å². The lowest BCUT2D eigenvalue weighted by molar-refractivity contribution is -0.139. The largest absolute Gasteiger partial charge is 0.416 e. The first kappa shape index (κ1) is 21.6. The number of piperidine rings is 1. The summed E-state index contributed by atoms with van der Waals surface area (Å²) in [6.07, 6.45) is 1.07. The van der Waals surface area contributed by atoms with Gasteiger partial charge in [-0.3, -0.25) is 9.59 Å². The van der Waals surface area contributed by atoms with Crippen molar-refractivity contribution in [3.05, 3.63) is 29.8 Å². The van der Waals surface area contributed by atoms with E-state index < -0.39 is 11.7 Å². The molecule has 1 heterocycles. The fourth-order valence-electron chi connectivity index (χ4n) is 4.31. The minimum atomic E-state index is -4.44. The molecule has 8 heteroatoms. The number of halogens is 3. The van der Waals surface area contributed by atoms with Crippen molar-refractivity contribution in [3.63, 3.8) is 0 Å². The zero-order chi connectivity index (χ0) is 21.0. The van der Waals surface area contributed by atoms with Crippen LogP contribution < -0.4 is 11.1 Å². The van der Waals surface area contributed by atoms with E-state index in [0.717, 1.165) is 37.8 Å². The Morgan fingerprint density at radius 2 is 1.79 bits per heavy atom. The SMILES string of the molecule is NC1CCCCC1C(=O)N1CCC(CC(=O)Nc2cccc(C(F)(F)F)c2)CC1. The van der Waals surface area contributed by atoms with Gasteiger partial charge < -0.3 is 16.0 Å². The van der Waals surface area contributed by atoms with Crippen molar-refractivity contribution in [1.29, 1.82) is 0 Å². The summed E-state index contributed by atoms with van der Waals surface area (Å²) in [5.74, 6) is -0.151. The molecule has 0 radical (unpaired) electrons. The number of hydrogen-bond acceptors (Lipinski definition) is 3. The molecule has 2 atom stereocenters. The summed E-state index contributed by atoms with van der Waals surface area (Å²) < 4.78 is 38.4. The zero-order valence-corrected chi connectivity index (χ0v) is 16.4. The van der Waals surface area contributed by atoms with Crippen LogP contribution in [0.4, 0.5) is 18.9 Å². The Morgan fingerprint density at radius 3 is 2.45 bits per heavy atom. The third-order valence-corrected chi connectivity index (χ3v) is 6.01. The van der Waals surface area contributed by atoms with Crippen molar-refractivity contribution in [1.82, 2.24) is 4.90 Å². The second-order valence-corrected chi connectivity index (χ2v) is 8.15. The molecule has 160 valence electrons. The van der Waals surface area contributed by atoms with Crippen LogP contribution in [0.15, 0.2) is 24.3 Å². The first-order valence-corrected chi connectivity index (χ1v) is 10.3. The second-order valence-electron chi connectivity index (χ2n) is 8.15. The van der Waals surface area contributed by atoms with Crippen molar-refractivity contribution in [2.24, 2.45) is 17.6 Å². The summed E-state index contributed by atoms with van der Waals surface area (Å²) in [5.41, 5.74) is 5.47. The quantitative estimate of drug-likeness (QED) is 0.792. The summed E-state index contributed by atoms with van der Waals surface area (Å²) in [7, 11) is 0. The number of nitrogens with one attached hydrogen (secondary N) is 1. The van der Waals surface area contributed by atoms with E-state index in [9.17, 15) is 22.8 Å². The van der Waals surface area contributed by atoms with E-state index in [1.807, 2.05) is 4.90 Å². The average molecular weight is 411 g/mol. The molecular weight excluding hydrogens is 383 g/mol. The Labute approximate surface area is 168 Å². The van der Waals surface area contributed by atoms with Gasteiger partial charge in [-0.05, 0) is 49.8 Å². The monoisotopic (exact) mass is 411 g/mol. The average Bonchev–Trinajstić information content (AvgIpc) is 2.68. The lowest BCUT2D eigenvalue weighted by Gasteiger charge is -2.37. The number of nitrogens with two attached hydrogens (primary N) is 1. The first-order valence-electron chi connectivity index (χ1n) is 10.3. The van der Waals surface area contributed by atoms with Gasteiger partial charge in [-0.1, -0.05) is 18.9 Å². The van der Waals surface area contributed by atoms with E-state index in [4.69, 9.17) is 5.73 Å². The Balaban J connectivity index is 1.47. The van der Waals surface area contributed by atoms with E-state index in [2.05, 4.69) is 5.32 Å². The van der Waals surface area contributed by atoms with Crippen LogP contribution in [0.3, 0.4) is 0 Å². The number of carbonyl (C=O) groups excluding carboxylic acids is 2. The van der Waals surface area contributed by atoms with Crippen molar-refractivity contribution in [3.8, 4) is 0 Å². The molecule has 1 saturated carbocycles. The topological polar surface area (TPSA) is 75.4 Å². The molecule has 29 heavy (non-hydrogen) atoms. The normalized spacial score (nSPS) is 23.7. The van der Waals surface area contributed by atoms with Crippen LogP contribution in [0, 0.1) is 11.8 Å². The van der Waals surface area contributed by atoms with Crippen LogP contribution in [-0.4, -0.2) is 35.8 Å². The second kappa shape index (κ2) is 9.15. The van der Waals surface area contributed by atoms with Gasteiger partial charge >= 0.3 is 6.18 Å². The minimum Gasteiger partial charge on any atom is -0.342 e. The highest BCUT2D eigenvalue weighted by atomic mass is 19.4. The van der Waals surface area contributed by atoms with Crippen LogP contribution in [0.1, 0.15) is 50.5 Å². The summed E-state index contributed by atoms with van der Waals surface area (Å²) in [5, 5.41) is 2.56. The number of hydrogen-bond donors (Lipinski definition) is 2. The molecule has 1 saturated heterocycles. The molecule has 5 nitrogen and oxygen atoms in total. The Morgan fingerprint density at radius 1 is 1.10 bits per heavy atom. The fourth-order valence-corrected chi connectivity index (χ4v) is 4.31. The number of benzene rings is 1. The molecule has 0 spiro atoms. The lowest BCUT2D eigenvalue weighted by Crippen LogP contribution is -2.48. The molecule has 3 N–H and O–H groups in total. The van der Waals surface area contributed by atoms with Crippen LogP contribution in [-0.2, 0) is 15.8 Å². The molecule has 2 aliphatic rings. The number of nitrogens with zero attached hydrogens (tertiary/aromatic N) is 1. The van der Waals surface area contributed by atoms with Gasteiger partial charge in [0, 0.05) is 31.2 Å². The molecule has 1 aliphatic carbocycles. The molecule has 1 aromatic carbocycles. The highest BCUT2D eigenvalue weighted by molar-refractivity contribution is 5.91. The number of likely N-dealkylation sites (tertiary alicyclic amines) is 1. The van der Waals surface area contributed by atoms with Gasteiger partial charge in [-0.25, -0.2) is 0 Å². The Kier molecular flexibility index (Phi) is 6.82. The van der Waals surface area contributed by atoms with Gasteiger partial charge in [0.1, 0.15) is 0 Å². The standard InChI is InChI=1S/C21H28F3N3O2/c22-21(23,24)15-4-3-5-16(13-15)26-19(28)12-14-8-10-27(11-9-14)20(29)17-6-1-2-7-18(17)25/h3-5,13-14,17-18H,1-2,6-12,25H2,(H,26,28). The maximum absolute atomic E-state index is 12.8. The highest BCUT2D eigenvalue weighted by Gasteiger charge is 2.34. The van der Waals surface area contributed by atoms with Gasteiger partial charge in [0.25, 0.3) is 0 Å². The van der Waals surface area contributed by atoms with Gasteiger partial charge in [0.2, 0.25) is 11.8 Å². The molecule has 0 aromatic heterocycles. The maximum Gasteiger partial charge on any atom is 0.416 e. The fraction of sp³-hybridized carbons (Fsp3) is 0.619. The number of carbonyl (C=O) groups is 2. The van der Waals surface area contributed by atoms with Gasteiger partial charge in [-0.15, -0.1) is 0 Å².